The molecule has 0 saturated carbocycles. The van der Waals surface area contributed by atoms with Crippen LogP contribution in [0.5, 0.6) is 0 Å². The zero-order chi connectivity index (χ0) is 28.3. The molecule has 0 saturated heterocycles. The van der Waals surface area contributed by atoms with E-state index in [0.717, 1.165) is 6.42 Å². The third-order valence-electron chi connectivity index (χ3n) is 6.85. The van der Waals surface area contributed by atoms with Gasteiger partial charge in [-0.25, -0.2) is 9.37 Å². The summed E-state index contributed by atoms with van der Waals surface area (Å²) in [7, 11) is 0. The molecule has 4 heterocycles. The number of anilines is 1. The number of amides is 1. The molecule has 0 radical (unpaired) electrons. The van der Waals surface area contributed by atoms with Crippen LogP contribution in [0.25, 0.3) is 28.2 Å². The Morgan fingerprint density at radius 3 is 2.59 bits per heavy atom. The fourth-order valence-corrected chi connectivity index (χ4v) is 4.84. The zero-order valence-electron chi connectivity index (χ0n) is 22.5. The highest BCUT2D eigenvalue weighted by Crippen LogP contribution is 2.30. The van der Waals surface area contributed by atoms with Gasteiger partial charge in [0.25, 0.3) is 0 Å². The maximum absolute atomic E-state index is 14.3. The summed E-state index contributed by atoms with van der Waals surface area (Å²) >= 11 is 0. The predicted octanol–water partition coefficient (Wildman–Crippen LogP) is 3.36. The molecule has 11 nitrogen and oxygen atoms in total. The first-order valence-electron chi connectivity index (χ1n) is 13.0. The number of ketones is 1. The van der Waals surface area contributed by atoms with Crippen LogP contribution >= 0.6 is 0 Å². The summed E-state index contributed by atoms with van der Waals surface area (Å²) in [6.45, 7) is 6.97. The Morgan fingerprint density at radius 2 is 2.03 bits per heavy atom. The number of rotatable bonds is 11. The van der Waals surface area contributed by atoms with Gasteiger partial charge in [0.2, 0.25) is 5.91 Å². The monoisotopic (exact) mass is 536 g/mol. The first-order chi connectivity index (χ1) is 18.7. The van der Waals surface area contributed by atoms with Gasteiger partial charge in [0.05, 0.1) is 28.8 Å². The minimum absolute atomic E-state index is 0.129. The number of hydrogen-bond donors (Lipinski definition) is 3. The first-order valence-corrected chi connectivity index (χ1v) is 13.0. The van der Waals surface area contributed by atoms with Crippen molar-refractivity contribution in [2.24, 2.45) is 0 Å². The van der Waals surface area contributed by atoms with Crippen molar-refractivity contribution in [1.82, 2.24) is 34.7 Å². The summed E-state index contributed by atoms with van der Waals surface area (Å²) in [6.07, 6.45) is 5.57. The van der Waals surface area contributed by atoms with E-state index in [-0.39, 0.29) is 29.2 Å². The first kappa shape index (κ1) is 27.8. The Bertz CT molecular complexity index is 1500. The van der Waals surface area contributed by atoms with E-state index < -0.39 is 12.4 Å². The molecule has 0 spiro atoms. The summed E-state index contributed by atoms with van der Waals surface area (Å²) in [5.41, 5.74) is 9.85. The molecule has 4 N–H and O–H groups in total. The van der Waals surface area contributed by atoms with Crippen LogP contribution in [0.1, 0.15) is 61.8 Å². The van der Waals surface area contributed by atoms with Crippen LogP contribution in [0.4, 0.5) is 10.2 Å². The largest absolute Gasteiger partial charge is 0.387 e. The molecule has 0 aliphatic rings. The van der Waals surface area contributed by atoms with Crippen molar-refractivity contribution < 1.29 is 19.1 Å². The molecule has 206 valence electrons. The number of halogens is 1. The van der Waals surface area contributed by atoms with Crippen molar-refractivity contribution >= 4 is 23.2 Å². The van der Waals surface area contributed by atoms with Crippen LogP contribution in [0.15, 0.2) is 24.5 Å². The molecule has 1 amide bonds. The van der Waals surface area contributed by atoms with Crippen molar-refractivity contribution in [3.8, 4) is 22.5 Å². The van der Waals surface area contributed by atoms with Crippen molar-refractivity contribution in [2.75, 3.05) is 18.9 Å². The lowest BCUT2D eigenvalue weighted by atomic mass is 10.0. The number of nitrogens with two attached hydrogens (primary N) is 1. The van der Waals surface area contributed by atoms with Gasteiger partial charge < -0.3 is 15.7 Å². The SMILES string of the molecule is CCCN(C(=O)CO)[C@H](CC)CCc1nc2c(-c3ccc(-c4n[nH]c(C)c4F)nc3)cnn2c(N)c1C(C)=O. The van der Waals surface area contributed by atoms with Crippen LogP contribution in [0, 0.1) is 12.7 Å². The molecule has 12 heteroatoms. The lowest BCUT2D eigenvalue weighted by molar-refractivity contribution is -0.136. The Balaban J connectivity index is 1.71. The predicted molar refractivity (Wildman–Crippen MR) is 144 cm³/mol. The van der Waals surface area contributed by atoms with Gasteiger partial charge in [-0.2, -0.15) is 14.7 Å². The molecule has 4 aromatic heterocycles. The topological polar surface area (TPSA) is 155 Å². The molecule has 1 atom stereocenters. The van der Waals surface area contributed by atoms with Gasteiger partial charge in [-0.15, -0.1) is 0 Å². The Kier molecular flexibility index (Phi) is 8.34. The molecule has 39 heavy (non-hydrogen) atoms. The summed E-state index contributed by atoms with van der Waals surface area (Å²) in [5.74, 6) is -0.832. The average Bonchev–Trinajstić information content (AvgIpc) is 3.51. The molecule has 0 aromatic carbocycles. The normalized spacial score (nSPS) is 12.2. The van der Waals surface area contributed by atoms with Gasteiger partial charge in [0.1, 0.15) is 18.1 Å². The van der Waals surface area contributed by atoms with Gasteiger partial charge in [-0.05, 0) is 45.6 Å². The van der Waals surface area contributed by atoms with Crippen molar-refractivity contribution in [2.45, 2.75) is 59.4 Å². The van der Waals surface area contributed by atoms with Gasteiger partial charge >= 0.3 is 0 Å². The van der Waals surface area contributed by atoms with E-state index in [1.807, 2.05) is 13.8 Å². The number of carbonyl (C=O) groups excluding carboxylic acids is 2. The number of H-pyrrole nitrogens is 1. The number of carbonyl (C=O) groups is 2. The minimum Gasteiger partial charge on any atom is -0.387 e. The summed E-state index contributed by atoms with van der Waals surface area (Å²) in [6, 6.07) is 3.31. The summed E-state index contributed by atoms with van der Waals surface area (Å²) in [4.78, 5) is 35.8. The number of nitrogen functional groups attached to an aromatic ring is 1. The Morgan fingerprint density at radius 1 is 1.26 bits per heavy atom. The van der Waals surface area contributed by atoms with Crippen LogP contribution in [0.2, 0.25) is 0 Å². The average molecular weight is 537 g/mol. The molecule has 0 bridgehead atoms. The number of nitrogens with zero attached hydrogens (tertiary/aromatic N) is 6. The van der Waals surface area contributed by atoms with Crippen molar-refractivity contribution in [3.05, 3.63) is 47.3 Å². The minimum atomic E-state index is -0.551. The molecule has 0 unspecified atom stereocenters. The van der Waals surface area contributed by atoms with Gasteiger partial charge in [-0.3, -0.25) is 19.7 Å². The number of aliphatic hydroxyl groups is 1. The lowest BCUT2D eigenvalue weighted by Crippen LogP contribution is -2.42. The molecule has 0 aliphatic carbocycles. The maximum Gasteiger partial charge on any atom is 0.248 e. The van der Waals surface area contributed by atoms with E-state index >= 15 is 0 Å². The van der Waals surface area contributed by atoms with Crippen LogP contribution < -0.4 is 5.73 Å². The summed E-state index contributed by atoms with van der Waals surface area (Å²) < 4.78 is 15.7. The van der Waals surface area contributed by atoms with E-state index in [4.69, 9.17) is 10.7 Å². The smallest absolute Gasteiger partial charge is 0.248 e. The quantitative estimate of drug-likeness (QED) is 0.247. The van der Waals surface area contributed by atoms with E-state index in [0.29, 0.717) is 65.2 Å². The number of aromatic nitrogens is 6. The van der Waals surface area contributed by atoms with Crippen LogP contribution in [0.3, 0.4) is 0 Å². The van der Waals surface area contributed by atoms with Gasteiger partial charge in [-0.1, -0.05) is 19.9 Å². The fourth-order valence-electron chi connectivity index (χ4n) is 4.84. The molecule has 4 rings (SSSR count). The number of fused-ring (bicyclic) bond motifs is 1. The number of pyridine rings is 1. The van der Waals surface area contributed by atoms with Gasteiger partial charge in [0.15, 0.2) is 17.2 Å². The highest BCUT2D eigenvalue weighted by atomic mass is 19.1. The fraction of sp³-hybridized carbons (Fsp3) is 0.407. The molecule has 4 aromatic rings. The van der Waals surface area contributed by atoms with Crippen LogP contribution in [-0.4, -0.2) is 70.7 Å². The highest BCUT2D eigenvalue weighted by molar-refractivity contribution is 6.00. The zero-order valence-corrected chi connectivity index (χ0v) is 22.5. The van der Waals surface area contributed by atoms with Crippen molar-refractivity contribution in [3.63, 3.8) is 0 Å². The molecular weight excluding hydrogens is 503 g/mol. The Labute approximate surface area is 225 Å². The summed E-state index contributed by atoms with van der Waals surface area (Å²) in [5, 5.41) is 20.4. The number of aryl methyl sites for hydroxylation is 2. The second-order valence-corrected chi connectivity index (χ2v) is 9.46. The number of hydrogen-bond acceptors (Lipinski definition) is 8. The standard InChI is InChI=1S/C27H33FN8O3/c1-5-11-35(22(39)14-37)18(6-2)8-10-20-23(16(4)38)26(29)36-27(32-20)19(13-31-36)17-7-9-21(30-12-17)25-24(28)15(3)33-34-25/h7,9,12-13,18,37H,5-6,8,10-11,14,29H2,1-4H3,(H,33,34)/t18-/m1/s1. The van der Waals surface area contributed by atoms with Crippen molar-refractivity contribution in [1.29, 1.82) is 0 Å². The number of nitrogens with one attached hydrogen (secondary N) is 1. The van der Waals surface area contributed by atoms with E-state index in [9.17, 15) is 19.1 Å². The molecule has 0 aliphatic heterocycles. The van der Waals surface area contributed by atoms with E-state index in [2.05, 4.69) is 20.3 Å². The molecule has 0 fully saturated rings. The number of aliphatic hydroxyl groups excluding tert-OH is 1. The maximum atomic E-state index is 14.3. The third kappa shape index (κ3) is 5.37. The van der Waals surface area contributed by atoms with E-state index in [1.165, 1.54) is 11.4 Å². The van der Waals surface area contributed by atoms with Gasteiger partial charge in [0, 0.05) is 29.9 Å². The third-order valence-corrected chi connectivity index (χ3v) is 6.85. The second kappa shape index (κ2) is 11.7. The lowest BCUT2D eigenvalue weighted by Gasteiger charge is -2.30. The molecular formula is C27H33FN8O3. The number of Topliss-reactive ketones (excluding diaryl/α,β-unsaturated/α-hetero) is 1. The van der Waals surface area contributed by atoms with Crippen LogP contribution in [-0.2, 0) is 11.2 Å². The highest BCUT2D eigenvalue weighted by Gasteiger charge is 2.25. The number of aromatic amines is 1. The Hall–Kier alpha value is -4.19. The van der Waals surface area contributed by atoms with E-state index in [1.54, 1.807) is 36.4 Å². The second-order valence-electron chi connectivity index (χ2n) is 9.46.